The molecule has 0 amide bonds. The Morgan fingerprint density at radius 1 is 0.667 bits per heavy atom. The van der Waals surface area contributed by atoms with Gasteiger partial charge in [0.2, 0.25) is 0 Å². The zero-order valence-electron chi connectivity index (χ0n) is 12.9. The Morgan fingerprint density at radius 2 is 1.17 bits per heavy atom. The molecule has 0 aliphatic carbocycles. The number of thiophene rings is 4. The molecule has 0 aliphatic heterocycles. The van der Waals surface area contributed by atoms with Crippen LogP contribution >= 0.6 is 45.3 Å². The molecule has 5 aromatic rings. The van der Waals surface area contributed by atoms with Crippen LogP contribution in [0.3, 0.4) is 0 Å². The monoisotopic (exact) mass is 378 g/mol. The number of hydrogen-bond acceptors (Lipinski definition) is 4. The van der Waals surface area contributed by atoms with E-state index in [1.807, 2.05) is 59.2 Å². The lowest BCUT2D eigenvalue weighted by atomic mass is 10.2. The van der Waals surface area contributed by atoms with Crippen LogP contribution in [0.15, 0.2) is 22.9 Å². The van der Waals surface area contributed by atoms with E-state index in [1.54, 1.807) is 0 Å². The summed E-state index contributed by atoms with van der Waals surface area (Å²) in [6, 6.07) is 4.73. The molecule has 4 heteroatoms. The Balaban J connectivity index is 1.89. The average Bonchev–Trinajstić information content (AvgIpc) is 3.29. The minimum atomic E-state index is 1.17. The predicted molar refractivity (Wildman–Crippen MR) is 113 cm³/mol. The minimum Gasteiger partial charge on any atom is -0.141 e. The van der Waals surface area contributed by atoms with E-state index in [0.717, 1.165) is 0 Å². The molecular formula is C20H10S4. The van der Waals surface area contributed by atoms with Gasteiger partial charge in [-0.05, 0) is 26.0 Å². The first kappa shape index (κ1) is 14.5. The Morgan fingerprint density at radius 3 is 1.62 bits per heavy atom. The minimum absolute atomic E-state index is 1.17. The van der Waals surface area contributed by atoms with Crippen LogP contribution in [0.25, 0.3) is 39.0 Å². The molecule has 0 unspecified atom stereocenters. The zero-order valence-corrected chi connectivity index (χ0v) is 16.2. The van der Waals surface area contributed by atoms with Crippen LogP contribution in [-0.4, -0.2) is 0 Å². The van der Waals surface area contributed by atoms with Crippen molar-refractivity contribution in [1.29, 1.82) is 0 Å². The van der Waals surface area contributed by atoms with Crippen LogP contribution in [0.5, 0.6) is 0 Å². The SMILES string of the molecule is CC#Cc1csc2c1sc1cc3sc4c(C#CC)csc4c3cc12. The van der Waals surface area contributed by atoms with Gasteiger partial charge in [-0.15, -0.1) is 57.2 Å². The van der Waals surface area contributed by atoms with E-state index in [0.29, 0.717) is 0 Å². The molecule has 0 fully saturated rings. The third-order valence-electron chi connectivity index (χ3n) is 4.01. The van der Waals surface area contributed by atoms with E-state index < -0.39 is 0 Å². The molecular weight excluding hydrogens is 368 g/mol. The lowest BCUT2D eigenvalue weighted by Gasteiger charge is -1.92. The molecule has 0 radical (unpaired) electrons. The van der Waals surface area contributed by atoms with Crippen LogP contribution in [0, 0.1) is 23.7 Å². The number of benzene rings is 1. The molecule has 0 saturated carbocycles. The summed E-state index contributed by atoms with van der Waals surface area (Å²) in [6.45, 7) is 3.80. The van der Waals surface area contributed by atoms with E-state index in [2.05, 4.69) is 46.6 Å². The van der Waals surface area contributed by atoms with Crippen LogP contribution in [0.2, 0.25) is 0 Å². The van der Waals surface area contributed by atoms with Gasteiger partial charge in [-0.3, -0.25) is 0 Å². The van der Waals surface area contributed by atoms with E-state index in [4.69, 9.17) is 0 Å². The summed E-state index contributed by atoms with van der Waals surface area (Å²) in [6.07, 6.45) is 0. The summed E-state index contributed by atoms with van der Waals surface area (Å²) in [5, 5.41) is 7.11. The summed E-state index contributed by atoms with van der Waals surface area (Å²) in [5.74, 6) is 12.5. The maximum atomic E-state index is 3.23. The van der Waals surface area contributed by atoms with Crippen molar-refractivity contribution in [3.05, 3.63) is 34.0 Å². The summed E-state index contributed by atoms with van der Waals surface area (Å²) >= 11 is 7.36. The highest BCUT2D eigenvalue weighted by atomic mass is 32.1. The Hall–Kier alpha value is -1.82. The maximum Gasteiger partial charge on any atom is 0.0619 e. The van der Waals surface area contributed by atoms with E-state index in [-0.39, 0.29) is 0 Å². The third-order valence-corrected chi connectivity index (χ3v) is 8.66. The van der Waals surface area contributed by atoms with E-state index in [9.17, 15) is 0 Å². The predicted octanol–water partition coefficient (Wildman–Crippen LogP) is 7.29. The van der Waals surface area contributed by atoms with Crippen molar-refractivity contribution in [3.63, 3.8) is 0 Å². The van der Waals surface area contributed by atoms with Crippen molar-refractivity contribution in [1.82, 2.24) is 0 Å². The molecule has 114 valence electrons. The lowest BCUT2D eigenvalue weighted by Crippen LogP contribution is -1.64. The quantitative estimate of drug-likeness (QED) is 0.248. The van der Waals surface area contributed by atoms with Gasteiger partial charge in [0, 0.05) is 30.9 Å². The molecule has 0 saturated heterocycles. The second kappa shape index (κ2) is 5.34. The zero-order chi connectivity index (χ0) is 16.3. The Kier molecular flexibility index (Phi) is 3.23. The van der Waals surface area contributed by atoms with Crippen LogP contribution in [0.1, 0.15) is 25.0 Å². The fourth-order valence-corrected chi connectivity index (χ4v) is 7.94. The molecule has 0 nitrogen and oxygen atoms in total. The highest BCUT2D eigenvalue weighted by Crippen LogP contribution is 2.46. The smallest absolute Gasteiger partial charge is 0.0619 e. The maximum absolute atomic E-state index is 3.23. The van der Waals surface area contributed by atoms with Gasteiger partial charge in [-0.25, -0.2) is 0 Å². The van der Waals surface area contributed by atoms with Gasteiger partial charge in [-0.2, -0.15) is 0 Å². The van der Waals surface area contributed by atoms with Crippen LogP contribution in [-0.2, 0) is 0 Å². The van der Waals surface area contributed by atoms with Gasteiger partial charge in [0.15, 0.2) is 0 Å². The Labute approximate surface area is 155 Å². The second-order valence-corrected chi connectivity index (χ2v) is 9.28. The molecule has 5 rings (SSSR count). The highest BCUT2D eigenvalue weighted by molar-refractivity contribution is 7.34. The fourth-order valence-electron chi connectivity index (χ4n) is 3.02. The van der Waals surface area contributed by atoms with Crippen molar-refractivity contribution in [2.45, 2.75) is 13.8 Å². The van der Waals surface area contributed by atoms with Gasteiger partial charge in [-0.1, -0.05) is 11.8 Å². The van der Waals surface area contributed by atoms with Crippen molar-refractivity contribution in [2.24, 2.45) is 0 Å². The number of hydrogen-bond donors (Lipinski definition) is 0. The van der Waals surface area contributed by atoms with Gasteiger partial charge in [0.05, 0.1) is 29.9 Å². The summed E-state index contributed by atoms with van der Waals surface area (Å²) < 4.78 is 8.14. The summed E-state index contributed by atoms with van der Waals surface area (Å²) in [4.78, 5) is 0. The third kappa shape index (κ3) is 1.92. The van der Waals surface area contributed by atoms with Crippen molar-refractivity contribution < 1.29 is 0 Å². The van der Waals surface area contributed by atoms with E-state index >= 15 is 0 Å². The van der Waals surface area contributed by atoms with Gasteiger partial charge >= 0.3 is 0 Å². The first-order valence-corrected chi connectivity index (χ1v) is 10.8. The topological polar surface area (TPSA) is 0 Å². The summed E-state index contributed by atoms with van der Waals surface area (Å²) in [7, 11) is 0. The Bertz CT molecular complexity index is 1270. The molecule has 1 aromatic carbocycles. The fraction of sp³-hybridized carbons (Fsp3) is 0.100. The average molecular weight is 379 g/mol. The molecule has 0 spiro atoms. The van der Waals surface area contributed by atoms with E-state index in [1.165, 1.54) is 50.1 Å². The van der Waals surface area contributed by atoms with Gasteiger partial charge < -0.3 is 0 Å². The largest absolute Gasteiger partial charge is 0.141 e. The second-order valence-electron chi connectivity index (χ2n) is 5.41. The highest BCUT2D eigenvalue weighted by Gasteiger charge is 2.15. The molecule has 0 N–H and O–H groups in total. The first-order chi connectivity index (χ1) is 11.8. The summed E-state index contributed by atoms with van der Waals surface area (Å²) in [5.41, 5.74) is 2.34. The van der Waals surface area contributed by atoms with Crippen LogP contribution < -0.4 is 0 Å². The normalized spacial score (nSPS) is 11.1. The van der Waals surface area contributed by atoms with Gasteiger partial charge in [0.25, 0.3) is 0 Å². The number of rotatable bonds is 0. The van der Waals surface area contributed by atoms with Crippen molar-refractivity contribution in [2.75, 3.05) is 0 Å². The van der Waals surface area contributed by atoms with Crippen molar-refractivity contribution in [3.8, 4) is 23.7 Å². The lowest BCUT2D eigenvalue weighted by molar-refractivity contribution is 1.88. The molecule has 0 atom stereocenters. The molecule has 4 aromatic heterocycles. The number of fused-ring (bicyclic) bond motifs is 6. The first-order valence-electron chi connectivity index (χ1n) is 7.43. The van der Waals surface area contributed by atoms with Gasteiger partial charge in [0.1, 0.15) is 0 Å². The molecule has 0 aliphatic rings. The molecule has 4 heterocycles. The molecule has 0 bridgehead atoms. The standard InChI is InChI=1S/C20H10S4/c1-3-5-11-9-21-19-13-7-14-16(8-15(13)23-17(11)19)24-18-12(6-4-2)10-22-20(14)18/h7-10H,1-2H3. The van der Waals surface area contributed by atoms with Crippen molar-refractivity contribution >= 4 is 84.3 Å². The molecule has 24 heavy (non-hydrogen) atoms. The van der Waals surface area contributed by atoms with Crippen LogP contribution in [0.4, 0.5) is 0 Å².